The maximum atomic E-state index is 13.7. The maximum Gasteiger partial charge on any atom is 0.220 e. The number of oxazole rings is 1. The van der Waals surface area contributed by atoms with Crippen LogP contribution in [0.3, 0.4) is 0 Å². The molecule has 1 amide bonds. The molecule has 1 aromatic carbocycles. The van der Waals surface area contributed by atoms with Gasteiger partial charge in [0.25, 0.3) is 0 Å². The predicted octanol–water partition coefficient (Wildman–Crippen LogP) is 2.53. The number of carbonyl (C=O) groups excluding carboxylic acids is 1. The molecule has 1 unspecified atom stereocenters. The number of halogens is 1. The number of piperidine rings is 1. The van der Waals surface area contributed by atoms with Crippen molar-refractivity contribution in [2.45, 2.75) is 25.7 Å². The van der Waals surface area contributed by atoms with Crippen LogP contribution in [-0.4, -0.2) is 30.5 Å². The number of benzene rings is 1. The number of hydrogen-bond acceptors (Lipinski definition) is 4. The Labute approximate surface area is 140 Å². The van der Waals surface area contributed by atoms with Crippen LogP contribution in [0.1, 0.15) is 25.2 Å². The summed E-state index contributed by atoms with van der Waals surface area (Å²) >= 11 is 0. The van der Waals surface area contributed by atoms with Crippen molar-refractivity contribution in [3.05, 3.63) is 42.2 Å². The fourth-order valence-electron chi connectivity index (χ4n) is 2.88. The van der Waals surface area contributed by atoms with Crippen molar-refractivity contribution in [3.63, 3.8) is 0 Å². The largest absolute Gasteiger partial charge is 0.441 e. The van der Waals surface area contributed by atoms with E-state index in [1.807, 2.05) is 0 Å². The van der Waals surface area contributed by atoms with Crippen molar-refractivity contribution in [1.82, 2.24) is 15.6 Å². The third kappa shape index (κ3) is 4.41. The molecule has 1 saturated heterocycles. The highest BCUT2D eigenvalue weighted by molar-refractivity contribution is 5.76. The fraction of sp³-hybridized carbons (Fsp3) is 0.444. The third-order valence-electron chi connectivity index (χ3n) is 4.25. The number of rotatable bonds is 6. The Morgan fingerprint density at radius 3 is 3.08 bits per heavy atom. The van der Waals surface area contributed by atoms with E-state index in [-0.39, 0.29) is 11.7 Å². The van der Waals surface area contributed by atoms with Crippen molar-refractivity contribution in [1.29, 1.82) is 0 Å². The van der Waals surface area contributed by atoms with Crippen LogP contribution < -0.4 is 10.6 Å². The molecule has 0 bridgehead atoms. The van der Waals surface area contributed by atoms with Gasteiger partial charge in [0, 0.05) is 19.4 Å². The zero-order chi connectivity index (χ0) is 16.8. The molecule has 3 rings (SSSR count). The Bertz CT molecular complexity index is 680. The first-order valence-corrected chi connectivity index (χ1v) is 8.39. The molecule has 0 saturated carbocycles. The molecule has 1 atom stereocenters. The van der Waals surface area contributed by atoms with Gasteiger partial charge in [-0.15, -0.1) is 0 Å². The highest BCUT2D eigenvalue weighted by Crippen LogP contribution is 2.23. The molecular formula is C18H22FN3O2. The predicted molar refractivity (Wildman–Crippen MR) is 88.8 cm³/mol. The number of amides is 1. The van der Waals surface area contributed by atoms with Crippen LogP contribution in [0.4, 0.5) is 4.39 Å². The molecule has 0 aliphatic carbocycles. The van der Waals surface area contributed by atoms with Crippen LogP contribution in [0.25, 0.3) is 11.3 Å². The van der Waals surface area contributed by atoms with Gasteiger partial charge in [-0.1, -0.05) is 12.1 Å². The number of nitrogens with one attached hydrogen (secondary N) is 2. The first-order chi connectivity index (χ1) is 11.7. The second-order valence-corrected chi connectivity index (χ2v) is 6.11. The van der Waals surface area contributed by atoms with Crippen LogP contribution in [-0.2, 0) is 11.2 Å². The molecule has 1 fully saturated rings. The van der Waals surface area contributed by atoms with E-state index in [2.05, 4.69) is 15.6 Å². The number of aromatic nitrogens is 1. The molecule has 1 aliphatic heterocycles. The fourth-order valence-corrected chi connectivity index (χ4v) is 2.88. The lowest BCUT2D eigenvalue weighted by atomic mass is 10.00. The molecule has 6 heteroatoms. The van der Waals surface area contributed by atoms with Gasteiger partial charge in [0.1, 0.15) is 5.82 Å². The number of hydrogen-bond donors (Lipinski definition) is 2. The molecule has 24 heavy (non-hydrogen) atoms. The van der Waals surface area contributed by atoms with E-state index in [4.69, 9.17) is 4.42 Å². The zero-order valence-corrected chi connectivity index (χ0v) is 13.6. The standard InChI is InChI=1S/C18H22FN3O2/c19-15-6-2-1-5-14(15)16-12-22-18(24-16)8-7-17(23)21-11-13-4-3-9-20-10-13/h1-2,5-6,12-13,20H,3-4,7-11H2,(H,21,23). The summed E-state index contributed by atoms with van der Waals surface area (Å²) < 4.78 is 19.3. The first kappa shape index (κ1) is 16.6. The summed E-state index contributed by atoms with van der Waals surface area (Å²) in [6, 6.07) is 6.39. The Kier molecular flexibility index (Phi) is 5.59. The lowest BCUT2D eigenvalue weighted by molar-refractivity contribution is -0.121. The first-order valence-electron chi connectivity index (χ1n) is 8.39. The Balaban J connectivity index is 1.46. The van der Waals surface area contributed by atoms with Crippen molar-refractivity contribution in [2.75, 3.05) is 19.6 Å². The second kappa shape index (κ2) is 8.06. The van der Waals surface area contributed by atoms with E-state index in [0.29, 0.717) is 42.5 Å². The average Bonchev–Trinajstić information content (AvgIpc) is 3.08. The number of aryl methyl sites for hydroxylation is 1. The summed E-state index contributed by atoms with van der Waals surface area (Å²) in [5, 5.41) is 6.29. The summed E-state index contributed by atoms with van der Waals surface area (Å²) in [5.74, 6) is 0.988. The van der Waals surface area contributed by atoms with Crippen LogP contribution in [0.2, 0.25) is 0 Å². The normalized spacial score (nSPS) is 17.6. The Morgan fingerprint density at radius 1 is 1.42 bits per heavy atom. The van der Waals surface area contributed by atoms with Crippen LogP contribution in [0, 0.1) is 11.7 Å². The van der Waals surface area contributed by atoms with Gasteiger partial charge in [-0.3, -0.25) is 4.79 Å². The number of nitrogens with zero attached hydrogens (tertiary/aromatic N) is 1. The van der Waals surface area contributed by atoms with Gasteiger partial charge in [-0.2, -0.15) is 0 Å². The lowest BCUT2D eigenvalue weighted by Gasteiger charge is -2.22. The Morgan fingerprint density at radius 2 is 2.29 bits per heavy atom. The van der Waals surface area contributed by atoms with Gasteiger partial charge in [-0.25, -0.2) is 9.37 Å². The molecule has 0 radical (unpaired) electrons. The van der Waals surface area contributed by atoms with Gasteiger partial charge in [0.15, 0.2) is 11.7 Å². The van der Waals surface area contributed by atoms with Gasteiger partial charge < -0.3 is 15.1 Å². The van der Waals surface area contributed by atoms with Gasteiger partial charge in [0.05, 0.1) is 11.8 Å². The minimum Gasteiger partial charge on any atom is -0.441 e. The van der Waals surface area contributed by atoms with E-state index in [1.165, 1.54) is 12.3 Å². The van der Waals surface area contributed by atoms with Crippen molar-refractivity contribution >= 4 is 5.91 Å². The minimum absolute atomic E-state index is 0.00813. The monoisotopic (exact) mass is 331 g/mol. The summed E-state index contributed by atoms with van der Waals surface area (Å²) in [6.45, 7) is 2.74. The molecule has 1 aromatic heterocycles. The molecule has 2 N–H and O–H groups in total. The summed E-state index contributed by atoms with van der Waals surface area (Å²) in [6.07, 6.45) is 4.54. The summed E-state index contributed by atoms with van der Waals surface area (Å²) in [4.78, 5) is 16.1. The molecular weight excluding hydrogens is 309 g/mol. The molecule has 128 valence electrons. The maximum absolute atomic E-state index is 13.7. The van der Waals surface area contributed by atoms with Gasteiger partial charge >= 0.3 is 0 Å². The van der Waals surface area contributed by atoms with Gasteiger partial charge in [-0.05, 0) is 44.0 Å². The van der Waals surface area contributed by atoms with E-state index in [1.54, 1.807) is 18.2 Å². The van der Waals surface area contributed by atoms with E-state index < -0.39 is 0 Å². The van der Waals surface area contributed by atoms with E-state index >= 15 is 0 Å². The SMILES string of the molecule is O=C(CCc1ncc(-c2ccccc2F)o1)NCC1CCCNC1. The second-order valence-electron chi connectivity index (χ2n) is 6.11. The third-order valence-corrected chi connectivity index (χ3v) is 4.25. The van der Waals surface area contributed by atoms with Crippen LogP contribution in [0.5, 0.6) is 0 Å². The van der Waals surface area contributed by atoms with Gasteiger partial charge in [0.2, 0.25) is 5.91 Å². The van der Waals surface area contributed by atoms with E-state index in [0.717, 1.165) is 25.9 Å². The molecule has 1 aliphatic rings. The number of carbonyl (C=O) groups is 1. The van der Waals surface area contributed by atoms with Crippen molar-refractivity contribution in [3.8, 4) is 11.3 Å². The zero-order valence-electron chi connectivity index (χ0n) is 13.6. The highest BCUT2D eigenvalue weighted by Gasteiger charge is 2.15. The van der Waals surface area contributed by atoms with Crippen LogP contribution in [0.15, 0.2) is 34.9 Å². The molecule has 0 spiro atoms. The topological polar surface area (TPSA) is 67.2 Å². The van der Waals surface area contributed by atoms with Crippen LogP contribution >= 0.6 is 0 Å². The summed E-state index contributed by atoms with van der Waals surface area (Å²) in [5.41, 5.74) is 0.380. The average molecular weight is 331 g/mol. The smallest absolute Gasteiger partial charge is 0.220 e. The molecule has 5 nitrogen and oxygen atoms in total. The summed E-state index contributed by atoms with van der Waals surface area (Å²) in [7, 11) is 0. The molecule has 2 heterocycles. The molecule has 2 aromatic rings. The van der Waals surface area contributed by atoms with Crippen molar-refractivity contribution in [2.24, 2.45) is 5.92 Å². The van der Waals surface area contributed by atoms with Crippen molar-refractivity contribution < 1.29 is 13.6 Å². The minimum atomic E-state index is -0.348. The highest BCUT2D eigenvalue weighted by atomic mass is 19.1. The quantitative estimate of drug-likeness (QED) is 0.853. The Hall–Kier alpha value is -2.21. The van der Waals surface area contributed by atoms with E-state index in [9.17, 15) is 9.18 Å². The lowest BCUT2D eigenvalue weighted by Crippen LogP contribution is -2.38.